The Bertz CT molecular complexity index is 927. The predicted octanol–water partition coefficient (Wildman–Crippen LogP) is 0.879. The second kappa shape index (κ2) is 7.65. The Balaban J connectivity index is 1.76. The van der Waals surface area contributed by atoms with Gasteiger partial charge in [0, 0.05) is 40.3 Å². The summed E-state index contributed by atoms with van der Waals surface area (Å²) in [4.78, 5) is 50.2. The summed E-state index contributed by atoms with van der Waals surface area (Å²) >= 11 is 1.17. The van der Waals surface area contributed by atoms with Crippen molar-refractivity contribution in [2.45, 2.75) is 13.5 Å². The smallest absolute Gasteiger partial charge is 0.348 e. The lowest BCUT2D eigenvalue weighted by molar-refractivity contribution is 0.0605. The Kier molecular flexibility index (Phi) is 5.47. The average molecular weight is 393 g/mol. The fraction of sp³-hybridized carbons (Fsp3) is 0.529. The summed E-state index contributed by atoms with van der Waals surface area (Å²) in [5, 5.41) is 0.436. The molecular formula is C17H23N5O4S. The number of H-pyrrole nitrogens is 1. The highest BCUT2D eigenvalue weighted by Crippen LogP contribution is 2.27. The molecule has 0 atom stereocenters. The van der Waals surface area contributed by atoms with Gasteiger partial charge in [-0.15, -0.1) is 11.3 Å². The summed E-state index contributed by atoms with van der Waals surface area (Å²) in [6.45, 7) is 4.89. The zero-order chi connectivity index (χ0) is 19.7. The number of hydrogen-bond acceptors (Lipinski definition) is 7. The number of aromatic amines is 1. The van der Waals surface area contributed by atoms with Gasteiger partial charge in [0.1, 0.15) is 15.5 Å². The molecule has 9 nitrogen and oxygen atoms in total. The Labute approximate surface area is 160 Å². The van der Waals surface area contributed by atoms with Gasteiger partial charge < -0.3 is 19.5 Å². The van der Waals surface area contributed by atoms with Gasteiger partial charge in [-0.2, -0.15) is 0 Å². The van der Waals surface area contributed by atoms with Crippen molar-refractivity contribution in [2.75, 3.05) is 47.4 Å². The van der Waals surface area contributed by atoms with E-state index >= 15 is 0 Å². The first-order valence-corrected chi connectivity index (χ1v) is 9.42. The van der Waals surface area contributed by atoms with Crippen molar-refractivity contribution in [3.8, 4) is 0 Å². The lowest BCUT2D eigenvalue weighted by Crippen LogP contribution is -2.51. The maximum absolute atomic E-state index is 12.5. The number of piperazine rings is 1. The van der Waals surface area contributed by atoms with Gasteiger partial charge in [0.25, 0.3) is 5.56 Å². The molecule has 1 aliphatic rings. The van der Waals surface area contributed by atoms with E-state index in [1.807, 2.05) is 0 Å². The number of nitrogens with one attached hydrogen (secondary N) is 1. The SMILES string of the molecule is COC(=O)c1sc2nc(CN3CCN(C(=O)N(C)C)CC3)[nH]c(=O)c2c1C. The molecule has 2 aromatic rings. The van der Waals surface area contributed by atoms with Crippen LogP contribution in [0.3, 0.4) is 0 Å². The molecule has 1 N–H and O–H groups in total. The highest BCUT2D eigenvalue weighted by atomic mass is 32.1. The Morgan fingerprint density at radius 2 is 1.93 bits per heavy atom. The van der Waals surface area contributed by atoms with Crippen LogP contribution in [0.4, 0.5) is 4.79 Å². The highest BCUT2D eigenvalue weighted by Gasteiger charge is 2.24. The number of aryl methyl sites for hydroxylation is 1. The van der Waals surface area contributed by atoms with Crippen molar-refractivity contribution >= 4 is 33.6 Å². The third kappa shape index (κ3) is 3.81. The fourth-order valence-corrected chi connectivity index (χ4v) is 4.26. The number of fused-ring (bicyclic) bond motifs is 1. The van der Waals surface area contributed by atoms with Crippen LogP contribution in [0.1, 0.15) is 21.1 Å². The summed E-state index contributed by atoms with van der Waals surface area (Å²) in [6, 6.07) is 0.00648. The zero-order valence-corrected chi connectivity index (χ0v) is 16.7. The van der Waals surface area contributed by atoms with E-state index in [1.165, 1.54) is 18.4 Å². The van der Waals surface area contributed by atoms with Gasteiger partial charge in [-0.3, -0.25) is 9.69 Å². The van der Waals surface area contributed by atoms with Gasteiger partial charge in [0.05, 0.1) is 19.0 Å². The quantitative estimate of drug-likeness (QED) is 0.778. The Morgan fingerprint density at radius 3 is 2.52 bits per heavy atom. The number of methoxy groups -OCH3 is 1. The minimum absolute atomic E-state index is 0.00648. The lowest BCUT2D eigenvalue weighted by atomic mass is 10.2. The standard InChI is InChI=1S/C17H23N5O4S/c1-10-12-14(23)18-11(19-15(12)27-13(10)16(24)26-4)9-21-5-7-22(8-6-21)17(25)20(2)3/h5-9H2,1-4H3,(H,18,19,23). The molecule has 0 radical (unpaired) electrons. The molecule has 1 saturated heterocycles. The summed E-state index contributed by atoms with van der Waals surface area (Å²) in [6.07, 6.45) is 0. The van der Waals surface area contributed by atoms with Crippen LogP contribution in [0.25, 0.3) is 10.2 Å². The normalized spacial score (nSPS) is 15.2. The van der Waals surface area contributed by atoms with Crippen LogP contribution < -0.4 is 5.56 Å². The van der Waals surface area contributed by atoms with Crippen LogP contribution in [0.2, 0.25) is 0 Å². The molecule has 3 heterocycles. The third-order valence-corrected chi connectivity index (χ3v) is 5.78. The number of thiophene rings is 1. The summed E-state index contributed by atoms with van der Waals surface area (Å²) in [5.74, 6) is 0.0932. The van der Waals surface area contributed by atoms with E-state index in [1.54, 1.807) is 30.8 Å². The molecule has 27 heavy (non-hydrogen) atoms. The molecule has 0 unspecified atom stereocenters. The third-order valence-electron chi connectivity index (χ3n) is 4.62. The topological polar surface area (TPSA) is 98.8 Å². The monoisotopic (exact) mass is 393 g/mol. The summed E-state index contributed by atoms with van der Waals surface area (Å²) in [7, 11) is 4.80. The number of aromatic nitrogens is 2. The largest absolute Gasteiger partial charge is 0.465 e. The van der Waals surface area contributed by atoms with E-state index in [4.69, 9.17) is 4.74 Å². The average Bonchev–Trinajstić information content (AvgIpc) is 2.98. The predicted molar refractivity (Wildman–Crippen MR) is 102 cm³/mol. The molecule has 2 amide bonds. The number of esters is 1. The Hall–Kier alpha value is -2.46. The van der Waals surface area contributed by atoms with E-state index in [-0.39, 0.29) is 11.6 Å². The number of carbonyl (C=O) groups is 2. The molecule has 0 spiro atoms. The van der Waals surface area contributed by atoms with Crippen molar-refractivity contribution in [2.24, 2.45) is 0 Å². The number of rotatable bonds is 3. The number of carbonyl (C=O) groups excluding carboxylic acids is 2. The van der Waals surface area contributed by atoms with E-state index < -0.39 is 5.97 Å². The minimum atomic E-state index is -0.460. The zero-order valence-electron chi connectivity index (χ0n) is 15.9. The minimum Gasteiger partial charge on any atom is -0.465 e. The maximum atomic E-state index is 12.5. The molecule has 0 saturated carbocycles. The number of hydrogen-bond donors (Lipinski definition) is 1. The van der Waals surface area contributed by atoms with E-state index in [0.29, 0.717) is 59.2 Å². The van der Waals surface area contributed by atoms with Gasteiger partial charge in [0.15, 0.2) is 0 Å². The first-order valence-electron chi connectivity index (χ1n) is 8.61. The van der Waals surface area contributed by atoms with Gasteiger partial charge in [-0.25, -0.2) is 14.6 Å². The van der Waals surface area contributed by atoms with Crippen LogP contribution in [0.5, 0.6) is 0 Å². The Morgan fingerprint density at radius 1 is 1.26 bits per heavy atom. The summed E-state index contributed by atoms with van der Waals surface area (Å²) in [5.41, 5.74) is 0.346. The molecular weight excluding hydrogens is 370 g/mol. The first kappa shape index (κ1) is 19.3. The number of urea groups is 1. The van der Waals surface area contributed by atoms with Crippen LogP contribution >= 0.6 is 11.3 Å². The maximum Gasteiger partial charge on any atom is 0.348 e. The van der Waals surface area contributed by atoms with E-state index in [9.17, 15) is 14.4 Å². The van der Waals surface area contributed by atoms with Crippen molar-refractivity contribution in [3.63, 3.8) is 0 Å². The van der Waals surface area contributed by atoms with Crippen molar-refractivity contribution < 1.29 is 14.3 Å². The highest BCUT2D eigenvalue weighted by molar-refractivity contribution is 7.20. The van der Waals surface area contributed by atoms with E-state index in [2.05, 4.69) is 14.9 Å². The fourth-order valence-electron chi connectivity index (χ4n) is 3.14. The van der Waals surface area contributed by atoms with E-state index in [0.717, 1.165) is 0 Å². The van der Waals surface area contributed by atoms with Crippen LogP contribution in [0.15, 0.2) is 4.79 Å². The van der Waals surface area contributed by atoms with Crippen molar-refractivity contribution in [3.05, 3.63) is 26.6 Å². The van der Waals surface area contributed by atoms with Gasteiger partial charge in [-0.1, -0.05) is 0 Å². The molecule has 10 heteroatoms. The number of amides is 2. The molecule has 0 aliphatic carbocycles. The van der Waals surface area contributed by atoms with Crippen molar-refractivity contribution in [1.82, 2.24) is 24.7 Å². The number of ether oxygens (including phenoxy) is 1. The van der Waals surface area contributed by atoms with Gasteiger partial charge in [-0.05, 0) is 12.5 Å². The van der Waals surface area contributed by atoms with Crippen molar-refractivity contribution in [1.29, 1.82) is 0 Å². The van der Waals surface area contributed by atoms with Crippen LogP contribution in [-0.2, 0) is 11.3 Å². The first-order chi connectivity index (χ1) is 12.8. The second-order valence-corrected chi connectivity index (χ2v) is 7.68. The van der Waals surface area contributed by atoms with Gasteiger partial charge >= 0.3 is 12.0 Å². The molecule has 146 valence electrons. The van der Waals surface area contributed by atoms with Gasteiger partial charge in [0.2, 0.25) is 0 Å². The molecule has 3 rings (SSSR count). The molecule has 1 aliphatic heterocycles. The molecule has 0 aromatic carbocycles. The molecule has 1 fully saturated rings. The summed E-state index contributed by atoms with van der Waals surface area (Å²) < 4.78 is 4.77. The lowest BCUT2D eigenvalue weighted by Gasteiger charge is -2.35. The van der Waals surface area contributed by atoms with Crippen LogP contribution in [0, 0.1) is 6.92 Å². The number of nitrogens with zero attached hydrogens (tertiary/aromatic N) is 4. The molecule has 2 aromatic heterocycles. The van der Waals surface area contributed by atoms with Crippen LogP contribution in [-0.4, -0.2) is 84.1 Å². The molecule has 0 bridgehead atoms. The second-order valence-electron chi connectivity index (χ2n) is 6.68.